The third kappa shape index (κ3) is 5.05. The molecule has 0 saturated heterocycles. The molecule has 0 aliphatic rings. The maximum absolute atomic E-state index is 12.1. The van der Waals surface area contributed by atoms with Crippen molar-refractivity contribution < 1.29 is 13.2 Å². The van der Waals surface area contributed by atoms with Crippen LogP contribution in [-0.2, 0) is 15.8 Å². The molecular formula is C16H19NO3S2. The predicted molar refractivity (Wildman–Crippen MR) is 90.8 cm³/mol. The van der Waals surface area contributed by atoms with Gasteiger partial charge in [0, 0.05) is 18.1 Å². The van der Waals surface area contributed by atoms with Crippen LogP contribution in [0.25, 0.3) is 0 Å². The van der Waals surface area contributed by atoms with Crippen molar-refractivity contribution in [2.75, 3.05) is 19.4 Å². The number of hydrogen-bond acceptors (Lipinski definition) is 4. The summed E-state index contributed by atoms with van der Waals surface area (Å²) in [6, 6.07) is 16.5. The minimum Gasteiger partial charge on any atom is -0.497 e. The molecule has 0 radical (unpaired) electrons. The Morgan fingerprint density at radius 1 is 1.05 bits per heavy atom. The van der Waals surface area contributed by atoms with Gasteiger partial charge in [-0.05, 0) is 29.8 Å². The molecular weight excluding hydrogens is 318 g/mol. The summed E-state index contributed by atoms with van der Waals surface area (Å²) in [6.07, 6.45) is 0. The molecule has 0 spiro atoms. The highest BCUT2D eigenvalue weighted by molar-refractivity contribution is 7.98. The number of thioether (sulfide) groups is 1. The molecule has 0 aliphatic carbocycles. The lowest BCUT2D eigenvalue weighted by Gasteiger charge is -2.07. The van der Waals surface area contributed by atoms with Gasteiger partial charge in [-0.15, -0.1) is 0 Å². The van der Waals surface area contributed by atoms with E-state index >= 15 is 0 Å². The Balaban J connectivity index is 1.77. The van der Waals surface area contributed by atoms with Crippen LogP contribution < -0.4 is 9.46 Å². The lowest BCUT2D eigenvalue weighted by atomic mass is 10.2. The van der Waals surface area contributed by atoms with Gasteiger partial charge in [0.05, 0.1) is 12.0 Å². The standard InChI is InChI=1S/C16H19NO3S2/c1-20-15-7-9-16(10-8-15)22(18,19)17-11-12-21-13-14-5-3-2-4-6-14/h2-10,17H,11-13H2,1H3. The zero-order chi connectivity index (χ0) is 15.8. The highest BCUT2D eigenvalue weighted by atomic mass is 32.2. The van der Waals surface area contributed by atoms with Gasteiger partial charge in [0.25, 0.3) is 0 Å². The van der Waals surface area contributed by atoms with Crippen LogP contribution in [0.4, 0.5) is 0 Å². The van der Waals surface area contributed by atoms with Crippen molar-refractivity contribution in [3.8, 4) is 5.75 Å². The summed E-state index contributed by atoms with van der Waals surface area (Å²) < 4.78 is 31.8. The second-order valence-corrected chi connectivity index (χ2v) is 7.48. The van der Waals surface area contributed by atoms with Gasteiger partial charge in [-0.1, -0.05) is 30.3 Å². The molecule has 0 amide bonds. The molecule has 0 atom stereocenters. The van der Waals surface area contributed by atoms with Crippen LogP contribution in [0, 0.1) is 0 Å². The molecule has 2 aromatic carbocycles. The lowest BCUT2D eigenvalue weighted by molar-refractivity contribution is 0.414. The predicted octanol–water partition coefficient (Wildman–Crippen LogP) is 2.91. The smallest absolute Gasteiger partial charge is 0.240 e. The van der Waals surface area contributed by atoms with Crippen LogP contribution >= 0.6 is 11.8 Å². The number of nitrogens with one attached hydrogen (secondary N) is 1. The first-order chi connectivity index (χ1) is 10.6. The second kappa shape index (κ2) is 8.22. The zero-order valence-corrected chi connectivity index (χ0v) is 14.0. The van der Waals surface area contributed by atoms with Gasteiger partial charge < -0.3 is 4.74 Å². The first kappa shape index (κ1) is 16.9. The van der Waals surface area contributed by atoms with E-state index in [4.69, 9.17) is 4.74 Å². The molecule has 0 unspecified atom stereocenters. The largest absolute Gasteiger partial charge is 0.497 e. The number of ether oxygens (including phenoxy) is 1. The average Bonchev–Trinajstić information content (AvgIpc) is 2.55. The maximum Gasteiger partial charge on any atom is 0.240 e. The van der Waals surface area contributed by atoms with Crippen molar-refractivity contribution in [2.45, 2.75) is 10.6 Å². The zero-order valence-electron chi connectivity index (χ0n) is 12.4. The Kier molecular flexibility index (Phi) is 6.30. The molecule has 0 saturated carbocycles. The third-order valence-electron chi connectivity index (χ3n) is 3.02. The summed E-state index contributed by atoms with van der Waals surface area (Å²) in [5.41, 5.74) is 1.24. The first-order valence-corrected chi connectivity index (χ1v) is 9.51. The van der Waals surface area contributed by atoms with Crippen molar-refractivity contribution in [1.29, 1.82) is 0 Å². The van der Waals surface area contributed by atoms with Gasteiger partial charge in [0.2, 0.25) is 10.0 Å². The summed E-state index contributed by atoms with van der Waals surface area (Å²) in [5, 5.41) is 0. The Morgan fingerprint density at radius 3 is 2.36 bits per heavy atom. The summed E-state index contributed by atoms with van der Waals surface area (Å²) in [6.45, 7) is 0.409. The van der Waals surface area contributed by atoms with E-state index in [2.05, 4.69) is 16.9 Å². The van der Waals surface area contributed by atoms with E-state index in [1.165, 1.54) is 17.7 Å². The minimum absolute atomic E-state index is 0.251. The van der Waals surface area contributed by atoms with Crippen LogP contribution in [0.1, 0.15) is 5.56 Å². The molecule has 118 valence electrons. The van der Waals surface area contributed by atoms with Crippen molar-refractivity contribution in [2.24, 2.45) is 0 Å². The lowest BCUT2D eigenvalue weighted by Crippen LogP contribution is -2.26. The van der Waals surface area contributed by atoms with Crippen molar-refractivity contribution in [3.05, 3.63) is 60.2 Å². The number of rotatable bonds is 8. The van der Waals surface area contributed by atoms with Crippen LogP contribution in [0.5, 0.6) is 5.75 Å². The molecule has 6 heteroatoms. The quantitative estimate of drug-likeness (QED) is 0.753. The molecule has 0 aromatic heterocycles. The molecule has 4 nitrogen and oxygen atoms in total. The Hall–Kier alpha value is -1.50. The highest BCUT2D eigenvalue weighted by Gasteiger charge is 2.12. The monoisotopic (exact) mass is 337 g/mol. The van der Waals surface area contributed by atoms with Gasteiger partial charge in [-0.3, -0.25) is 0 Å². The van der Waals surface area contributed by atoms with Crippen molar-refractivity contribution in [3.63, 3.8) is 0 Å². The fraction of sp³-hybridized carbons (Fsp3) is 0.250. The number of methoxy groups -OCH3 is 1. The van der Waals surface area contributed by atoms with Gasteiger partial charge in [0.1, 0.15) is 5.75 Å². The normalized spacial score (nSPS) is 11.3. The summed E-state index contributed by atoms with van der Waals surface area (Å²) in [4.78, 5) is 0.251. The molecule has 0 bridgehead atoms. The van der Waals surface area contributed by atoms with Crippen LogP contribution in [-0.4, -0.2) is 27.8 Å². The van der Waals surface area contributed by atoms with E-state index in [1.807, 2.05) is 18.2 Å². The molecule has 2 aromatic rings. The Bertz CT molecular complexity index is 670. The number of sulfonamides is 1. The Labute approximate surface area is 135 Å². The van der Waals surface area contributed by atoms with E-state index < -0.39 is 10.0 Å². The number of benzene rings is 2. The third-order valence-corrected chi connectivity index (χ3v) is 5.53. The van der Waals surface area contributed by atoms with Gasteiger partial charge >= 0.3 is 0 Å². The molecule has 0 aliphatic heterocycles. The van der Waals surface area contributed by atoms with Crippen LogP contribution in [0.2, 0.25) is 0 Å². The fourth-order valence-corrected chi connectivity index (χ4v) is 3.83. The highest BCUT2D eigenvalue weighted by Crippen LogP contribution is 2.15. The Morgan fingerprint density at radius 2 is 1.73 bits per heavy atom. The van der Waals surface area contributed by atoms with E-state index in [1.54, 1.807) is 31.0 Å². The fourth-order valence-electron chi connectivity index (χ4n) is 1.85. The molecule has 0 heterocycles. The van der Waals surface area contributed by atoms with E-state index in [0.29, 0.717) is 12.3 Å². The van der Waals surface area contributed by atoms with Crippen molar-refractivity contribution in [1.82, 2.24) is 4.72 Å². The summed E-state index contributed by atoms with van der Waals surface area (Å²) in [5.74, 6) is 2.24. The second-order valence-electron chi connectivity index (χ2n) is 4.61. The summed E-state index contributed by atoms with van der Waals surface area (Å²) in [7, 11) is -1.90. The van der Waals surface area contributed by atoms with Gasteiger partial charge in [0.15, 0.2) is 0 Å². The van der Waals surface area contributed by atoms with Gasteiger partial charge in [-0.2, -0.15) is 11.8 Å². The first-order valence-electron chi connectivity index (χ1n) is 6.87. The molecule has 22 heavy (non-hydrogen) atoms. The van der Waals surface area contributed by atoms with E-state index in [-0.39, 0.29) is 4.90 Å². The van der Waals surface area contributed by atoms with Crippen LogP contribution in [0.3, 0.4) is 0 Å². The average molecular weight is 337 g/mol. The maximum atomic E-state index is 12.1. The number of hydrogen-bond donors (Lipinski definition) is 1. The molecule has 2 rings (SSSR count). The van der Waals surface area contributed by atoms with E-state index in [9.17, 15) is 8.42 Å². The SMILES string of the molecule is COc1ccc(S(=O)(=O)NCCSCc2ccccc2)cc1. The van der Waals surface area contributed by atoms with Gasteiger partial charge in [-0.25, -0.2) is 13.1 Å². The molecule has 1 N–H and O–H groups in total. The van der Waals surface area contributed by atoms with E-state index in [0.717, 1.165) is 11.5 Å². The molecule has 0 fully saturated rings. The van der Waals surface area contributed by atoms with Crippen molar-refractivity contribution >= 4 is 21.8 Å². The minimum atomic E-state index is -3.45. The van der Waals surface area contributed by atoms with Crippen LogP contribution in [0.15, 0.2) is 59.5 Å². The topological polar surface area (TPSA) is 55.4 Å². The summed E-state index contributed by atoms with van der Waals surface area (Å²) >= 11 is 1.70.